The largest absolute Gasteiger partial charge is 0.573 e. The van der Waals surface area contributed by atoms with Gasteiger partial charge in [0.2, 0.25) is 0 Å². The highest BCUT2D eigenvalue weighted by atomic mass is 19.4. The number of nitrogens with one attached hydrogen (secondary N) is 1. The number of hydrogen-bond donors (Lipinski definition) is 3. The Kier molecular flexibility index (Phi) is 6.01. The van der Waals surface area contributed by atoms with Crippen LogP contribution in [0.3, 0.4) is 0 Å². The van der Waals surface area contributed by atoms with Crippen molar-refractivity contribution in [2.45, 2.75) is 25.4 Å². The molecule has 0 saturated heterocycles. The lowest BCUT2D eigenvalue weighted by Gasteiger charge is -2.24. The first-order valence-corrected chi connectivity index (χ1v) is 8.94. The number of nitrogens with zero attached hydrogens (tertiary/aromatic N) is 1. The first-order valence-electron chi connectivity index (χ1n) is 8.94. The summed E-state index contributed by atoms with van der Waals surface area (Å²) in [6.07, 6.45) is -4.85. The Morgan fingerprint density at radius 1 is 1.32 bits per heavy atom. The van der Waals surface area contributed by atoms with Crippen molar-refractivity contribution < 1.29 is 37.1 Å². The molecule has 0 saturated carbocycles. The molecule has 3 rings (SSSR count). The number of amides is 1. The zero-order chi connectivity index (χ0) is 22.8. The van der Waals surface area contributed by atoms with Gasteiger partial charge in [0, 0.05) is 11.0 Å². The predicted octanol–water partition coefficient (Wildman–Crippen LogP) is 1.48. The molecular formula is C19H17BF3N3O5. The van der Waals surface area contributed by atoms with Gasteiger partial charge < -0.3 is 30.2 Å². The van der Waals surface area contributed by atoms with Gasteiger partial charge in [0.1, 0.15) is 18.1 Å². The average Bonchev–Trinajstić information content (AvgIpc) is 3.08. The molecule has 0 aliphatic carbocycles. The average molecular weight is 435 g/mol. The van der Waals surface area contributed by atoms with E-state index in [1.54, 1.807) is 12.1 Å². The first-order chi connectivity index (χ1) is 14.5. The normalized spacial score (nSPS) is 14.9. The molecule has 0 aromatic heterocycles. The molecule has 2 aromatic carbocycles. The molecule has 1 amide bonds. The first kappa shape index (κ1) is 22.3. The highest BCUT2D eigenvalue weighted by molar-refractivity contribution is 6.63. The molecule has 4 N–H and O–H groups in total. The number of nitrogen functional groups attached to an aromatic ring is 1. The molecule has 31 heavy (non-hydrogen) atoms. The summed E-state index contributed by atoms with van der Waals surface area (Å²) in [5, 5.41) is 21.8. The van der Waals surface area contributed by atoms with E-state index in [1.807, 2.05) is 6.07 Å². The molecule has 2 aromatic rings. The second kappa shape index (κ2) is 8.37. The van der Waals surface area contributed by atoms with E-state index in [4.69, 9.17) is 15.1 Å². The van der Waals surface area contributed by atoms with Crippen LogP contribution in [0.4, 0.5) is 18.9 Å². The van der Waals surface area contributed by atoms with Crippen molar-refractivity contribution in [3.8, 4) is 17.6 Å². The van der Waals surface area contributed by atoms with Crippen molar-refractivity contribution in [3.05, 3.63) is 47.5 Å². The van der Waals surface area contributed by atoms with Gasteiger partial charge in [-0.2, -0.15) is 5.26 Å². The van der Waals surface area contributed by atoms with Crippen LogP contribution in [0, 0.1) is 11.3 Å². The summed E-state index contributed by atoms with van der Waals surface area (Å²) in [6, 6.07) is 9.40. The maximum atomic E-state index is 12.4. The number of nitrogens with two attached hydrogens (primary N) is 1. The molecule has 0 bridgehead atoms. The van der Waals surface area contributed by atoms with Crippen molar-refractivity contribution in [2.24, 2.45) is 0 Å². The summed E-state index contributed by atoms with van der Waals surface area (Å²) in [5.74, 6) is -0.974. The second-order valence-corrected chi connectivity index (χ2v) is 6.97. The van der Waals surface area contributed by atoms with E-state index < -0.39 is 30.7 Å². The third-order valence-corrected chi connectivity index (χ3v) is 4.48. The van der Waals surface area contributed by atoms with Crippen molar-refractivity contribution in [2.75, 3.05) is 12.3 Å². The second-order valence-electron chi connectivity index (χ2n) is 6.97. The summed E-state index contributed by atoms with van der Waals surface area (Å²) in [5.41, 5.74) is 5.82. The van der Waals surface area contributed by atoms with Gasteiger partial charge >= 0.3 is 13.5 Å². The Morgan fingerprint density at radius 3 is 2.61 bits per heavy atom. The summed E-state index contributed by atoms with van der Waals surface area (Å²) in [7, 11) is -1.18. The van der Waals surface area contributed by atoms with E-state index in [2.05, 4.69) is 10.1 Å². The summed E-state index contributed by atoms with van der Waals surface area (Å²) in [4.78, 5) is 12.4. The molecular weight excluding hydrogens is 418 g/mol. The van der Waals surface area contributed by atoms with E-state index in [1.165, 1.54) is 6.92 Å². The van der Waals surface area contributed by atoms with Gasteiger partial charge in [0.15, 0.2) is 5.54 Å². The lowest BCUT2D eigenvalue weighted by atomic mass is 9.78. The molecule has 12 heteroatoms. The minimum atomic E-state index is -4.85. The van der Waals surface area contributed by atoms with Crippen LogP contribution in [-0.4, -0.2) is 36.6 Å². The maximum Gasteiger partial charge on any atom is 0.573 e. The fraction of sp³-hybridized carbons (Fsp3) is 0.263. The van der Waals surface area contributed by atoms with Crippen LogP contribution in [0.25, 0.3) is 0 Å². The Labute approximate surface area is 175 Å². The monoisotopic (exact) mass is 435 g/mol. The van der Waals surface area contributed by atoms with Crippen molar-refractivity contribution in [3.63, 3.8) is 0 Å². The highest BCUT2D eigenvalue weighted by Gasteiger charge is 2.33. The fourth-order valence-electron chi connectivity index (χ4n) is 2.91. The standard InChI is InChI=1S/C19H17BF3N3O5/c1-18(9-24,10-29-14-7-4-12-8-30-20(28)15(12)16(14)25)26-17(27)11-2-5-13(6-3-11)31-19(21,22)23/h2-7,28H,8,10,25H2,1H3,(H,26,27). The van der Waals surface area contributed by atoms with Gasteiger partial charge in [0.05, 0.1) is 18.4 Å². The zero-order valence-corrected chi connectivity index (χ0v) is 16.2. The van der Waals surface area contributed by atoms with E-state index in [-0.39, 0.29) is 30.2 Å². The van der Waals surface area contributed by atoms with Crippen LogP contribution in [-0.2, 0) is 11.3 Å². The van der Waals surface area contributed by atoms with Crippen LogP contribution in [0.15, 0.2) is 36.4 Å². The zero-order valence-electron chi connectivity index (χ0n) is 16.2. The van der Waals surface area contributed by atoms with Crippen molar-refractivity contribution in [1.82, 2.24) is 5.32 Å². The number of carbonyl (C=O) groups excluding carboxylic acids is 1. The SMILES string of the molecule is CC(C#N)(COc1ccc2c(c1N)B(O)OC2)NC(=O)c1ccc(OC(F)(F)F)cc1. The van der Waals surface area contributed by atoms with E-state index in [0.717, 1.165) is 24.3 Å². The number of anilines is 1. The van der Waals surface area contributed by atoms with Gasteiger partial charge in [-0.15, -0.1) is 13.2 Å². The summed E-state index contributed by atoms with van der Waals surface area (Å²) >= 11 is 0. The number of nitriles is 1. The lowest BCUT2D eigenvalue weighted by Crippen LogP contribution is -2.49. The van der Waals surface area contributed by atoms with E-state index >= 15 is 0 Å². The summed E-state index contributed by atoms with van der Waals surface area (Å²) < 4.78 is 51.2. The highest BCUT2D eigenvalue weighted by Crippen LogP contribution is 2.26. The van der Waals surface area contributed by atoms with E-state index in [0.29, 0.717) is 11.0 Å². The van der Waals surface area contributed by atoms with Crippen LogP contribution >= 0.6 is 0 Å². The van der Waals surface area contributed by atoms with Crippen LogP contribution in [0.2, 0.25) is 0 Å². The number of rotatable bonds is 6. The maximum absolute atomic E-state index is 12.4. The quantitative estimate of drug-likeness (QED) is 0.464. The number of alkyl halides is 3. The Morgan fingerprint density at radius 2 is 2.00 bits per heavy atom. The number of ether oxygens (including phenoxy) is 2. The minimum absolute atomic E-state index is 0.0216. The smallest absolute Gasteiger partial charge is 0.488 e. The number of carbonyl (C=O) groups is 1. The molecule has 1 aliphatic heterocycles. The Hall–Kier alpha value is -3.43. The minimum Gasteiger partial charge on any atom is -0.488 e. The molecule has 1 unspecified atom stereocenters. The van der Waals surface area contributed by atoms with Crippen molar-refractivity contribution >= 4 is 24.2 Å². The van der Waals surface area contributed by atoms with Crippen molar-refractivity contribution in [1.29, 1.82) is 5.26 Å². The number of benzene rings is 2. The van der Waals surface area contributed by atoms with Crippen LogP contribution in [0.1, 0.15) is 22.8 Å². The third kappa shape index (κ3) is 5.20. The Bertz CT molecular complexity index is 1030. The number of hydrogen-bond acceptors (Lipinski definition) is 7. The predicted molar refractivity (Wildman–Crippen MR) is 103 cm³/mol. The molecule has 1 atom stereocenters. The van der Waals surface area contributed by atoms with E-state index in [9.17, 15) is 28.3 Å². The van der Waals surface area contributed by atoms with Crippen LogP contribution < -0.4 is 26.0 Å². The van der Waals surface area contributed by atoms with Gasteiger partial charge in [-0.1, -0.05) is 6.07 Å². The lowest BCUT2D eigenvalue weighted by molar-refractivity contribution is -0.274. The van der Waals surface area contributed by atoms with Crippen LogP contribution in [0.5, 0.6) is 11.5 Å². The summed E-state index contributed by atoms with van der Waals surface area (Å²) in [6.45, 7) is 1.33. The molecule has 1 heterocycles. The van der Waals surface area contributed by atoms with Gasteiger partial charge in [-0.05, 0) is 42.8 Å². The molecule has 0 radical (unpaired) electrons. The van der Waals surface area contributed by atoms with Gasteiger partial charge in [-0.25, -0.2) is 0 Å². The molecule has 162 valence electrons. The Balaban J connectivity index is 1.67. The molecule has 0 spiro atoms. The number of halogens is 3. The van der Waals surface area contributed by atoms with Gasteiger partial charge in [0.25, 0.3) is 5.91 Å². The fourth-order valence-corrected chi connectivity index (χ4v) is 2.91. The van der Waals surface area contributed by atoms with Gasteiger partial charge in [-0.3, -0.25) is 4.79 Å². The topological polar surface area (TPSA) is 127 Å². The third-order valence-electron chi connectivity index (χ3n) is 4.48. The molecule has 1 aliphatic rings. The molecule has 8 nitrogen and oxygen atoms in total. The molecule has 0 fully saturated rings. The number of fused-ring (bicyclic) bond motifs is 1.